The summed E-state index contributed by atoms with van der Waals surface area (Å²) in [6, 6.07) is 2.45. The lowest BCUT2D eigenvalue weighted by Crippen LogP contribution is -2.53. The zero-order valence-electron chi connectivity index (χ0n) is 26.6. The molecule has 48 heavy (non-hydrogen) atoms. The molecule has 2 heterocycles. The van der Waals surface area contributed by atoms with Crippen LogP contribution in [0.2, 0.25) is 0 Å². The number of esters is 1. The topological polar surface area (TPSA) is 88.4 Å². The molecule has 0 fully saturated rings. The van der Waals surface area contributed by atoms with E-state index in [2.05, 4.69) is 20.7 Å². The van der Waals surface area contributed by atoms with Gasteiger partial charge in [-0.15, -0.1) is 5.10 Å². The van der Waals surface area contributed by atoms with Crippen LogP contribution in [-0.4, -0.2) is 63.4 Å². The summed E-state index contributed by atoms with van der Waals surface area (Å²) in [5.41, 5.74) is -6.24. The molecule has 9 nitrogen and oxygen atoms in total. The van der Waals surface area contributed by atoms with Crippen molar-refractivity contribution in [3.63, 3.8) is 0 Å². The number of fused-ring (bicyclic) bond motifs is 1. The first-order valence-electron chi connectivity index (χ1n) is 14.8. The first-order chi connectivity index (χ1) is 22.1. The normalized spacial score (nSPS) is 18.5. The Morgan fingerprint density at radius 3 is 2.10 bits per heavy atom. The molecule has 2 atom stereocenters. The molecule has 0 unspecified atom stereocenters. The fourth-order valence-electron chi connectivity index (χ4n) is 5.36. The van der Waals surface area contributed by atoms with Gasteiger partial charge in [0.2, 0.25) is 0 Å². The first kappa shape index (κ1) is 36.7. The lowest BCUT2D eigenvalue weighted by Gasteiger charge is -2.45. The predicted molar refractivity (Wildman–Crippen MR) is 156 cm³/mol. The molecule has 0 saturated carbocycles. The predicted octanol–water partition coefficient (Wildman–Crippen LogP) is 6.96. The van der Waals surface area contributed by atoms with Gasteiger partial charge in [0.25, 0.3) is 5.95 Å². The SMILES string of the molecule is CC[C@]1(C(=O)OC(C)C)C[C@H](N(Cc2cc(C(F)(F)F)cc(C(F)(F)F)c2)c2nnn(CCN(C)C)n2)c2cc(C(F)(F)F)ccc2N1. The monoisotopic (exact) mass is 695 g/mol. The maximum Gasteiger partial charge on any atom is 0.416 e. The second-order valence-corrected chi connectivity index (χ2v) is 12.1. The number of nitrogens with zero attached hydrogens (tertiary/aromatic N) is 6. The van der Waals surface area contributed by atoms with E-state index in [1.54, 1.807) is 39.8 Å². The van der Waals surface area contributed by atoms with Crippen LogP contribution < -0.4 is 10.2 Å². The highest BCUT2D eigenvalue weighted by atomic mass is 19.4. The number of anilines is 2. The van der Waals surface area contributed by atoms with Gasteiger partial charge in [-0.25, -0.2) is 4.79 Å². The van der Waals surface area contributed by atoms with E-state index in [4.69, 9.17) is 4.74 Å². The molecule has 0 amide bonds. The number of carbonyl (C=O) groups is 1. The summed E-state index contributed by atoms with van der Waals surface area (Å²) in [5.74, 6) is -1.05. The lowest BCUT2D eigenvalue weighted by atomic mass is 9.79. The largest absolute Gasteiger partial charge is 0.461 e. The van der Waals surface area contributed by atoms with E-state index in [0.29, 0.717) is 18.7 Å². The molecule has 2 aromatic carbocycles. The minimum absolute atomic E-state index is 0.0247. The number of carbonyl (C=O) groups excluding carboxylic acids is 1. The van der Waals surface area contributed by atoms with Crippen molar-refractivity contribution in [2.75, 3.05) is 30.9 Å². The Bertz CT molecular complexity index is 1570. The van der Waals surface area contributed by atoms with Crippen LogP contribution in [0.4, 0.5) is 51.1 Å². The number of ether oxygens (including phenoxy) is 1. The minimum atomic E-state index is -5.16. The molecule has 1 N–H and O–H groups in total. The van der Waals surface area contributed by atoms with Crippen molar-refractivity contribution in [1.82, 2.24) is 25.1 Å². The standard InChI is InChI=1S/C30H34F9N7O2/c1-6-27(25(47)48-17(2)3)15-24(22-14-19(28(31,32)33)7-8-23(22)40-27)45(26-41-43-46(42-26)10-9-44(4)5)16-18-11-20(29(34,35)36)13-21(12-18)30(37,38)39/h7-8,11-14,17,24,40H,6,9-10,15-16H2,1-5H3/t24-,27+/m0/s1. The molecule has 0 aliphatic carbocycles. The van der Waals surface area contributed by atoms with Crippen molar-refractivity contribution in [3.8, 4) is 0 Å². The van der Waals surface area contributed by atoms with E-state index in [1.165, 1.54) is 4.90 Å². The number of rotatable bonds is 10. The lowest BCUT2D eigenvalue weighted by molar-refractivity contribution is -0.154. The van der Waals surface area contributed by atoms with Gasteiger partial charge in [0.1, 0.15) is 5.54 Å². The number of benzene rings is 2. The number of aromatic nitrogens is 4. The molecule has 0 radical (unpaired) electrons. The zero-order valence-corrected chi connectivity index (χ0v) is 26.6. The Hall–Kier alpha value is -4.09. The molecule has 4 rings (SSSR count). The molecular formula is C30H34F9N7O2. The van der Waals surface area contributed by atoms with E-state index in [9.17, 15) is 44.3 Å². The van der Waals surface area contributed by atoms with Gasteiger partial charge in [-0.05, 0) is 87.1 Å². The third-order valence-electron chi connectivity index (χ3n) is 7.81. The van der Waals surface area contributed by atoms with Gasteiger partial charge in [-0.1, -0.05) is 12.0 Å². The Balaban J connectivity index is 1.96. The van der Waals surface area contributed by atoms with Crippen LogP contribution in [0.5, 0.6) is 0 Å². The highest BCUT2D eigenvalue weighted by Crippen LogP contribution is 2.47. The van der Waals surface area contributed by atoms with Gasteiger partial charge < -0.3 is 19.9 Å². The van der Waals surface area contributed by atoms with E-state index in [1.807, 2.05) is 0 Å². The molecule has 264 valence electrons. The van der Waals surface area contributed by atoms with Crippen molar-refractivity contribution >= 4 is 17.6 Å². The van der Waals surface area contributed by atoms with Crippen LogP contribution in [0.15, 0.2) is 36.4 Å². The number of alkyl halides is 9. The molecule has 3 aromatic rings. The van der Waals surface area contributed by atoms with Gasteiger partial charge in [0.05, 0.1) is 35.4 Å². The fourth-order valence-corrected chi connectivity index (χ4v) is 5.36. The van der Waals surface area contributed by atoms with Gasteiger partial charge in [0, 0.05) is 25.2 Å². The summed E-state index contributed by atoms with van der Waals surface area (Å²) in [6.07, 6.45) is -16.0. The Labute approximate surface area is 270 Å². The van der Waals surface area contributed by atoms with E-state index < -0.39 is 71.0 Å². The Morgan fingerprint density at radius 2 is 1.58 bits per heavy atom. The summed E-state index contributed by atoms with van der Waals surface area (Å²) < 4.78 is 130. The summed E-state index contributed by atoms with van der Waals surface area (Å²) in [7, 11) is 3.53. The number of hydrogen-bond donors (Lipinski definition) is 1. The van der Waals surface area contributed by atoms with Gasteiger partial charge in [-0.3, -0.25) is 0 Å². The van der Waals surface area contributed by atoms with Crippen LogP contribution >= 0.6 is 0 Å². The summed E-state index contributed by atoms with van der Waals surface area (Å²) in [6.45, 7) is 4.69. The van der Waals surface area contributed by atoms with Crippen molar-refractivity contribution < 1.29 is 49.0 Å². The zero-order chi connectivity index (χ0) is 35.8. The van der Waals surface area contributed by atoms with Crippen LogP contribution in [0, 0.1) is 0 Å². The third-order valence-corrected chi connectivity index (χ3v) is 7.81. The fraction of sp³-hybridized carbons (Fsp3) is 0.533. The second-order valence-electron chi connectivity index (χ2n) is 12.1. The summed E-state index contributed by atoms with van der Waals surface area (Å²) in [4.78, 5) is 17.6. The molecule has 0 bridgehead atoms. The maximum atomic E-state index is 13.9. The van der Waals surface area contributed by atoms with Gasteiger partial charge in [-0.2, -0.15) is 44.3 Å². The van der Waals surface area contributed by atoms with Crippen LogP contribution in [0.25, 0.3) is 0 Å². The maximum absolute atomic E-state index is 13.9. The highest BCUT2D eigenvalue weighted by molar-refractivity contribution is 5.86. The first-order valence-corrected chi connectivity index (χ1v) is 14.8. The van der Waals surface area contributed by atoms with Crippen LogP contribution in [-0.2, 0) is 41.1 Å². The molecule has 18 heteroatoms. The van der Waals surface area contributed by atoms with Crippen molar-refractivity contribution in [2.45, 2.75) is 82.9 Å². The highest BCUT2D eigenvalue weighted by Gasteiger charge is 2.48. The van der Waals surface area contributed by atoms with Crippen molar-refractivity contribution in [3.05, 3.63) is 64.2 Å². The number of tetrazole rings is 1. The molecule has 0 spiro atoms. The molecular weight excluding hydrogens is 661 g/mol. The van der Waals surface area contributed by atoms with Crippen molar-refractivity contribution in [1.29, 1.82) is 0 Å². The summed E-state index contributed by atoms with van der Waals surface area (Å²) in [5, 5.41) is 15.3. The number of likely N-dealkylation sites (N-methyl/N-ethyl adjacent to an activating group) is 1. The summed E-state index contributed by atoms with van der Waals surface area (Å²) >= 11 is 0. The molecule has 1 aromatic heterocycles. The average Bonchev–Trinajstić information content (AvgIpc) is 3.45. The van der Waals surface area contributed by atoms with Crippen LogP contribution in [0.3, 0.4) is 0 Å². The Morgan fingerprint density at radius 1 is 0.979 bits per heavy atom. The van der Waals surface area contributed by atoms with Gasteiger partial charge >= 0.3 is 24.5 Å². The molecule has 1 aliphatic rings. The molecule has 0 saturated heterocycles. The Kier molecular flexibility index (Phi) is 10.3. The van der Waals surface area contributed by atoms with E-state index in [-0.39, 0.29) is 42.7 Å². The number of halogens is 9. The van der Waals surface area contributed by atoms with E-state index in [0.717, 1.165) is 23.0 Å². The smallest absolute Gasteiger partial charge is 0.416 e. The number of hydrogen-bond acceptors (Lipinski definition) is 8. The van der Waals surface area contributed by atoms with Crippen LogP contribution in [0.1, 0.15) is 67.5 Å². The quantitative estimate of drug-likeness (QED) is 0.180. The molecule has 1 aliphatic heterocycles. The third kappa shape index (κ3) is 8.30. The second kappa shape index (κ2) is 13.4. The average molecular weight is 696 g/mol. The number of nitrogens with one attached hydrogen (secondary N) is 1. The van der Waals surface area contributed by atoms with Gasteiger partial charge in [0.15, 0.2) is 0 Å². The minimum Gasteiger partial charge on any atom is -0.461 e. The van der Waals surface area contributed by atoms with Crippen molar-refractivity contribution in [2.24, 2.45) is 0 Å². The van der Waals surface area contributed by atoms with E-state index >= 15 is 0 Å².